The zero-order chi connectivity index (χ0) is 26.4. The van der Waals surface area contributed by atoms with E-state index in [1.54, 1.807) is 29.6 Å². The second-order valence-corrected chi connectivity index (χ2v) is 10.4. The smallest absolute Gasteiger partial charge is 0.270 e. The van der Waals surface area contributed by atoms with Crippen molar-refractivity contribution in [2.24, 2.45) is 0 Å². The number of nitrogens with zero attached hydrogens (tertiary/aromatic N) is 3. The van der Waals surface area contributed by atoms with Crippen LogP contribution in [-0.4, -0.2) is 32.8 Å². The monoisotopic (exact) mass is 524 g/mol. The highest BCUT2D eigenvalue weighted by Gasteiger charge is 2.35. The lowest BCUT2D eigenvalue weighted by atomic mass is 10.0. The second-order valence-electron chi connectivity index (χ2n) is 8.70. The van der Waals surface area contributed by atoms with E-state index in [2.05, 4.69) is 18.3 Å². The number of amides is 1. The van der Waals surface area contributed by atoms with Crippen molar-refractivity contribution in [2.45, 2.75) is 66.1 Å². The van der Waals surface area contributed by atoms with Crippen molar-refractivity contribution >= 4 is 46.1 Å². The average molecular weight is 525 g/mol. The predicted octanol–water partition coefficient (Wildman–Crippen LogP) is 5.45. The molecule has 1 unspecified atom stereocenters. The normalized spacial score (nSPS) is 15.3. The molecule has 2 aromatic rings. The van der Waals surface area contributed by atoms with Crippen LogP contribution in [0.2, 0.25) is 0 Å². The number of benzene rings is 1. The molecule has 7 nitrogen and oxygen atoms in total. The third kappa shape index (κ3) is 5.66. The Morgan fingerprint density at radius 1 is 1.25 bits per heavy atom. The summed E-state index contributed by atoms with van der Waals surface area (Å²) < 4.78 is 7.39. The first-order valence-corrected chi connectivity index (χ1v) is 13.3. The Morgan fingerprint density at radius 3 is 2.53 bits per heavy atom. The number of nitriles is 1. The predicted molar refractivity (Wildman–Crippen MR) is 150 cm³/mol. The van der Waals surface area contributed by atoms with Gasteiger partial charge in [-0.3, -0.25) is 19.1 Å². The van der Waals surface area contributed by atoms with Crippen LogP contribution < -0.4 is 15.6 Å². The number of rotatable bonds is 10. The third-order valence-corrected chi connectivity index (χ3v) is 7.69. The third-order valence-electron chi connectivity index (χ3n) is 6.36. The molecule has 1 aromatic carbocycles. The van der Waals surface area contributed by atoms with Crippen LogP contribution in [0.4, 0.5) is 5.82 Å². The van der Waals surface area contributed by atoms with E-state index in [1.165, 1.54) is 11.8 Å². The number of unbranched alkanes of at least 4 members (excludes halogenated alkanes) is 1. The number of hydrogen-bond acceptors (Lipinski definition) is 7. The number of hydrogen-bond donors (Lipinski definition) is 1. The van der Waals surface area contributed by atoms with Crippen LogP contribution >= 0.6 is 24.0 Å². The van der Waals surface area contributed by atoms with E-state index in [0.717, 1.165) is 30.6 Å². The summed E-state index contributed by atoms with van der Waals surface area (Å²) in [5, 5.41) is 13.2. The van der Waals surface area contributed by atoms with Crippen molar-refractivity contribution < 1.29 is 9.53 Å². The summed E-state index contributed by atoms with van der Waals surface area (Å²) in [5.41, 5.74) is 1.96. The van der Waals surface area contributed by atoms with Crippen LogP contribution in [0.5, 0.6) is 5.75 Å². The second kappa shape index (κ2) is 12.2. The molecule has 1 saturated heterocycles. The van der Waals surface area contributed by atoms with Gasteiger partial charge in [0, 0.05) is 24.7 Å². The summed E-state index contributed by atoms with van der Waals surface area (Å²) in [6, 6.07) is 9.74. The molecule has 2 heterocycles. The Labute approximate surface area is 222 Å². The van der Waals surface area contributed by atoms with Gasteiger partial charge in [-0.15, -0.1) is 0 Å². The highest BCUT2D eigenvalue weighted by atomic mass is 32.2. The highest BCUT2D eigenvalue weighted by Crippen LogP contribution is 2.36. The lowest BCUT2D eigenvalue weighted by Crippen LogP contribution is -2.36. The molecule has 1 atom stereocenters. The Kier molecular flexibility index (Phi) is 9.35. The minimum absolute atomic E-state index is 0.00894. The van der Waals surface area contributed by atoms with E-state index in [9.17, 15) is 14.9 Å². The maximum absolute atomic E-state index is 13.3. The van der Waals surface area contributed by atoms with Gasteiger partial charge in [0.15, 0.2) is 0 Å². The lowest BCUT2D eigenvalue weighted by molar-refractivity contribution is -0.123. The summed E-state index contributed by atoms with van der Waals surface area (Å²) in [4.78, 5) is 28.7. The van der Waals surface area contributed by atoms with Crippen molar-refractivity contribution in [3.63, 3.8) is 0 Å². The minimum Gasteiger partial charge on any atom is -0.497 e. The Balaban J connectivity index is 2.14. The van der Waals surface area contributed by atoms with Gasteiger partial charge in [0.2, 0.25) is 0 Å². The average Bonchev–Trinajstić information content (AvgIpc) is 3.16. The number of methoxy groups -OCH3 is 1. The molecule has 1 fully saturated rings. The van der Waals surface area contributed by atoms with Gasteiger partial charge in [-0.25, -0.2) is 0 Å². The molecule has 0 bridgehead atoms. The number of carbonyl (C=O) groups excluding carboxylic acids is 1. The van der Waals surface area contributed by atoms with Gasteiger partial charge in [-0.05, 0) is 56.0 Å². The van der Waals surface area contributed by atoms with Gasteiger partial charge in [-0.1, -0.05) is 56.4 Å². The van der Waals surface area contributed by atoms with Crippen LogP contribution in [0.3, 0.4) is 0 Å². The molecule has 0 radical (unpaired) electrons. The quantitative estimate of drug-likeness (QED) is 0.327. The van der Waals surface area contributed by atoms with Gasteiger partial charge in [0.05, 0.1) is 12.0 Å². The lowest BCUT2D eigenvalue weighted by Gasteiger charge is -2.22. The number of nitrogens with one attached hydrogen (secondary N) is 1. The van der Waals surface area contributed by atoms with Crippen molar-refractivity contribution in [1.82, 2.24) is 9.47 Å². The van der Waals surface area contributed by atoms with Gasteiger partial charge in [-0.2, -0.15) is 5.26 Å². The molecule has 0 saturated carbocycles. The largest absolute Gasteiger partial charge is 0.497 e. The van der Waals surface area contributed by atoms with E-state index in [-0.39, 0.29) is 23.1 Å². The van der Waals surface area contributed by atoms with E-state index in [4.69, 9.17) is 17.0 Å². The fourth-order valence-electron chi connectivity index (χ4n) is 3.99. The number of aromatic nitrogens is 1. The Morgan fingerprint density at radius 2 is 1.94 bits per heavy atom. The molecular formula is C27H32N4O3S2. The zero-order valence-electron chi connectivity index (χ0n) is 21.4. The number of carbonyl (C=O) groups is 1. The molecular weight excluding hydrogens is 492 g/mol. The van der Waals surface area contributed by atoms with Crippen LogP contribution in [0.1, 0.15) is 62.3 Å². The van der Waals surface area contributed by atoms with E-state index in [0.29, 0.717) is 39.3 Å². The van der Waals surface area contributed by atoms with E-state index in [1.807, 2.05) is 38.1 Å². The fraction of sp³-hybridized carbons (Fsp3) is 0.407. The molecule has 0 aliphatic carbocycles. The molecule has 190 valence electrons. The van der Waals surface area contributed by atoms with Crippen molar-refractivity contribution in [3.05, 3.63) is 61.8 Å². The molecule has 1 aliphatic heterocycles. The summed E-state index contributed by atoms with van der Waals surface area (Å²) >= 11 is 6.76. The first-order chi connectivity index (χ1) is 17.3. The number of pyridine rings is 1. The number of thioether (sulfide) groups is 1. The van der Waals surface area contributed by atoms with E-state index < -0.39 is 0 Å². The standard InChI is InChI=1S/C27H32N4O3S2/c1-6-8-13-30-24(29-16-19-9-11-20(34-5)12-10-19)21(18(4)22(15-28)25(30)32)14-23-26(33)31(17(3)7-2)27(35)36-23/h9-12,14,17,29H,6-8,13,16H2,1-5H3/b23-14+. The fourth-order valence-corrected chi connectivity index (χ4v) is 5.43. The maximum atomic E-state index is 13.3. The van der Waals surface area contributed by atoms with Crippen LogP contribution in [0, 0.1) is 18.3 Å². The van der Waals surface area contributed by atoms with Crippen molar-refractivity contribution in [3.8, 4) is 11.8 Å². The van der Waals surface area contributed by atoms with Gasteiger partial charge >= 0.3 is 0 Å². The number of thiocarbonyl (C=S) groups is 1. The zero-order valence-corrected chi connectivity index (χ0v) is 23.0. The van der Waals surface area contributed by atoms with Crippen LogP contribution in [0.15, 0.2) is 34.0 Å². The topological polar surface area (TPSA) is 87.4 Å². The van der Waals surface area contributed by atoms with Crippen LogP contribution in [0.25, 0.3) is 6.08 Å². The molecule has 1 N–H and O–H groups in total. The van der Waals surface area contributed by atoms with E-state index >= 15 is 0 Å². The van der Waals surface area contributed by atoms with Crippen LogP contribution in [-0.2, 0) is 17.9 Å². The molecule has 3 rings (SSSR count). The van der Waals surface area contributed by atoms with Crippen molar-refractivity contribution in [2.75, 3.05) is 12.4 Å². The molecule has 1 amide bonds. The van der Waals surface area contributed by atoms with Crippen molar-refractivity contribution in [1.29, 1.82) is 5.26 Å². The number of anilines is 1. The first-order valence-electron chi connectivity index (χ1n) is 12.1. The first kappa shape index (κ1) is 27.5. The molecule has 1 aromatic heterocycles. The highest BCUT2D eigenvalue weighted by molar-refractivity contribution is 8.26. The molecule has 9 heteroatoms. The summed E-state index contributed by atoms with van der Waals surface area (Å²) in [5.74, 6) is 1.20. The molecule has 36 heavy (non-hydrogen) atoms. The molecule has 0 spiro atoms. The minimum atomic E-state index is -0.329. The summed E-state index contributed by atoms with van der Waals surface area (Å²) in [6.45, 7) is 8.71. The SMILES string of the molecule is CCCCn1c(NCc2ccc(OC)cc2)c(/C=C2/SC(=S)N(C(C)CC)C2=O)c(C)c(C#N)c1=O. The van der Waals surface area contributed by atoms with Gasteiger partial charge in [0.25, 0.3) is 11.5 Å². The Bertz CT molecular complexity index is 1280. The number of ether oxygens (including phenoxy) is 1. The Hall–Kier alpha value is -3.09. The summed E-state index contributed by atoms with van der Waals surface area (Å²) in [7, 11) is 1.62. The molecule has 1 aliphatic rings. The summed E-state index contributed by atoms with van der Waals surface area (Å²) in [6.07, 6.45) is 4.23. The maximum Gasteiger partial charge on any atom is 0.270 e. The van der Waals surface area contributed by atoms with Gasteiger partial charge < -0.3 is 10.1 Å². The van der Waals surface area contributed by atoms with Gasteiger partial charge in [0.1, 0.15) is 27.5 Å².